The van der Waals surface area contributed by atoms with Gasteiger partial charge in [0.15, 0.2) is 5.60 Å². The summed E-state index contributed by atoms with van der Waals surface area (Å²) >= 11 is 0. The molecule has 0 radical (unpaired) electrons. The summed E-state index contributed by atoms with van der Waals surface area (Å²) in [6, 6.07) is 0. The second-order valence-electron chi connectivity index (χ2n) is 16.6. The van der Waals surface area contributed by atoms with Gasteiger partial charge in [0.25, 0.3) is 0 Å². The number of hydrogen-bond donors (Lipinski definition) is 1. The van der Waals surface area contributed by atoms with Gasteiger partial charge in [-0.2, -0.15) is 0 Å². The molecule has 0 bridgehead atoms. The highest BCUT2D eigenvalue weighted by Gasteiger charge is 2.62. The molecule has 6 nitrogen and oxygen atoms in total. The number of carbonyl (C=O) groups is 2. The van der Waals surface area contributed by atoms with Crippen molar-refractivity contribution in [3.05, 3.63) is 0 Å². The molecule has 3 rings (SSSR count). The molecule has 0 aromatic heterocycles. The topological polar surface area (TPSA) is 82.1 Å². The number of esters is 2. The predicted octanol–water partition coefficient (Wildman–Crippen LogP) is 8.41. The number of carbonyl (C=O) groups excluding carboxylic acids is 2. The second kappa shape index (κ2) is 13.1. The lowest BCUT2D eigenvalue weighted by Gasteiger charge is -2.49. The molecule has 2 atom stereocenters. The Hall–Kier alpha value is -1.14. The molecule has 3 saturated carbocycles. The minimum absolute atomic E-state index is 0.580. The molecule has 0 spiro atoms. The Kier molecular flexibility index (Phi) is 11.0. The first-order chi connectivity index (χ1) is 19.2. The van der Waals surface area contributed by atoms with E-state index >= 15 is 0 Å². The molecule has 3 aliphatic rings. The van der Waals surface area contributed by atoms with Crippen LogP contribution in [0.2, 0.25) is 0 Å². The Balaban J connectivity index is 1.85. The van der Waals surface area contributed by atoms with E-state index in [1.165, 1.54) is 6.92 Å². The van der Waals surface area contributed by atoms with E-state index in [2.05, 4.69) is 41.5 Å². The van der Waals surface area contributed by atoms with Gasteiger partial charge < -0.3 is 19.3 Å². The first-order valence-electron chi connectivity index (χ1n) is 17.1. The molecule has 2 unspecified atom stereocenters. The van der Waals surface area contributed by atoms with Gasteiger partial charge in [0.2, 0.25) is 5.60 Å². The highest BCUT2D eigenvalue weighted by molar-refractivity contribution is 5.92. The summed E-state index contributed by atoms with van der Waals surface area (Å²) in [7, 11) is 0. The highest BCUT2D eigenvalue weighted by Crippen LogP contribution is 2.46. The zero-order valence-electron chi connectivity index (χ0n) is 28.9. The lowest BCUT2D eigenvalue weighted by molar-refractivity contribution is -0.258. The van der Waals surface area contributed by atoms with Gasteiger partial charge >= 0.3 is 11.9 Å². The Morgan fingerprint density at radius 1 is 0.595 bits per heavy atom. The molecule has 244 valence electrons. The Morgan fingerprint density at radius 3 is 1.19 bits per heavy atom. The normalized spacial score (nSPS) is 37.3. The summed E-state index contributed by atoms with van der Waals surface area (Å²) < 4.78 is 19.1. The third-order valence-corrected chi connectivity index (χ3v) is 11.9. The van der Waals surface area contributed by atoms with E-state index < -0.39 is 39.9 Å². The monoisotopic (exact) mass is 592 g/mol. The maximum atomic E-state index is 14.3. The van der Waals surface area contributed by atoms with Crippen LogP contribution in [0, 0.1) is 35.5 Å². The van der Waals surface area contributed by atoms with Crippen molar-refractivity contribution in [3.63, 3.8) is 0 Å². The molecule has 3 aliphatic carbocycles. The molecule has 3 fully saturated rings. The molecule has 0 heterocycles. The SMILES string of the molecule is CC(C)C1CCC(C)(OC(=O)C(C)(O)C(C)(OC2(C)CCC(C(C)C)CC2)C(=O)OC2(C)CCC(C(C)C)CC2)CC1. The molecular formula is C36H64O6. The van der Waals surface area contributed by atoms with Crippen LogP contribution in [0.1, 0.15) is 153 Å². The van der Waals surface area contributed by atoms with Gasteiger partial charge in [-0.3, -0.25) is 0 Å². The van der Waals surface area contributed by atoms with Gasteiger partial charge in [-0.05, 0) is 147 Å². The van der Waals surface area contributed by atoms with E-state index in [1.54, 1.807) is 6.92 Å². The van der Waals surface area contributed by atoms with Crippen LogP contribution in [0.5, 0.6) is 0 Å². The van der Waals surface area contributed by atoms with Crippen molar-refractivity contribution < 1.29 is 28.9 Å². The Bertz CT molecular complexity index is 911. The van der Waals surface area contributed by atoms with Crippen molar-refractivity contribution in [3.8, 4) is 0 Å². The maximum absolute atomic E-state index is 14.3. The molecule has 0 saturated heterocycles. The van der Waals surface area contributed by atoms with Crippen molar-refractivity contribution in [2.45, 2.75) is 181 Å². The summed E-state index contributed by atoms with van der Waals surface area (Å²) in [6.07, 6.45) is 10.4. The summed E-state index contributed by atoms with van der Waals surface area (Å²) in [5.41, 5.74) is -6.17. The summed E-state index contributed by atoms with van der Waals surface area (Å²) in [6.45, 7) is 22.4. The Morgan fingerprint density at radius 2 is 0.881 bits per heavy atom. The molecule has 0 aromatic rings. The summed E-state index contributed by atoms with van der Waals surface area (Å²) in [5, 5.41) is 12.1. The van der Waals surface area contributed by atoms with E-state index in [1.807, 2.05) is 20.8 Å². The molecule has 0 amide bonds. The largest absolute Gasteiger partial charge is 0.457 e. The van der Waals surface area contributed by atoms with Gasteiger partial charge in [-0.1, -0.05) is 41.5 Å². The molecule has 42 heavy (non-hydrogen) atoms. The molecule has 0 aliphatic heterocycles. The third kappa shape index (κ3) is 7.92. The van der Waals surface area contributed by atoms with Crippen molar-refractivity contribution >= 4 is 11.9 Å². The van der Waals surface area contributed by atoms with Crippen molar-refractivity contribution in [1.82, 2.24) is 0 Å². The third-order valence-electron chi connectivity index (χ3n) is 11.9. The fourth-order valence-electron chi connectivity index (χ4n) is 7.73. The first-order valence-corrected chi connectivity index (χ1v) is 17.1. The average molecular weight is 593 g/mol. The van der Waals surface area contributed by atoms with Gasteiger partial charge in [0.05, 0.1) is 5.60 Å². The van der Waals surface area contributed by atoms with Crippen LogP contribution < -0.4 is 0 Å². The van der Waals surface area contributed by atoms with Gasteiger partial charge in [0.1, 0.15) is 11.2 Å². The highest BCUT2D eigenvalue weighted by atomic mass is 16.6. The summed E-state index contributed by atoms with van der Waals surface area (Å²) in [5.74, 6) is 2.09. The zero-order chi connectivity index (χ0) is 31.7. The maximum Gasteiger partial charge on any atom is 0.342 e. The fourth-order valence-corrected chi connectivity index (χ4v) is 7.73. The quantitative estimate of drug-likeness (QED) is 0.257. The van der Waals surface area contributed by atoms with Crippen molar-refractivity contribution in [2.75, 3.05) is 0 Å². The lowest BCUT2D eigenvalue weighted by atomic mass is 9.74. The van der Waals surface area contributed by atoms with E-state index in [-0.39, 0.29) is 0 Å². The number of aliphatic hydroxyl groups is 1. The molecule has 1 N–H and O–H groups in total. The second-order valence-corrected chi connectivity index (χ2v) is 16.6. The zero-order valence-corrected chi connectivity index (χ0v) is 28.9. The molecular weight excluding hydrogens is 528 g/mol. The van der Waals surface area contributed by atoms with Crippen LogP contribution in [-0.4, -0.2) is 45.1 Å². The van der Waals surface area contributed by atoms with Crippen molar-refractivity contribution in [2.24, 2.45) is 35.5 Å². The summed E-state index contributed by atoms with van der Waals surface area (Å²) in [4.78, 5) is 28.2. The number of hydrogen-bond acceptors (Lipinski definition) is 6. The number of rotatable bonds is 10. The standard InChI is InChI=1S/C36H64O6/c1-24(2)27-12-18-32(7,19-13-27)40-30(37)35(10,39)36(11,42-34(9)22-16-29(17-23-34)26(5)6)31(38)41-33(8)20-14-28(15-21-33)25(3)4/h24-29,39H,12-23H2,1-11H3. The van der Waals surface area contributed by atoms with Crippen LogP contribution in [0.3, 0.4) is 0 Å². The van der Waals surface area contributed by atoms with Crippen LogP contribution in [0.15, 0.2) is 0 Å². The smallest absolute Gasteiger partial charge is 0.342 e. The van der Waals surface area contributed by atoms with E-state index in [0.29, 0.717) is 35.5 Å². The molecule has 6 heteroatoms. The van der Waals surface area contributed by atoms with Crippen LogP contribution in [0.4, 0.5) is 0 Å². The Labute approximate surface area is 257 Å². The number of ether oxygens (including phenoxy) is 3. The minimum atomic E-state index is -2.23. The van der Waals surface area contributed by atoms with E-state index in [0.717, 1.165) is 77.0 Å². The minimum Gasteiger partial charge on any atom is -0.457 e. The first kappa shape index (κ1) is 35.3. The van der Waals surface area contributed by atoms with Crippen LogP contribution in [0.25, 0.3) is 0 Å². The van der Waals surface area contributed by atoms with Crippen LogP contribution in [-0.2, 0) is 23.8 Å². The average Bonchev–Trinajstić information content (AvgIpc) is 2.88. The predicted molar refractivity (Wildman–Crippen MR) is 168 cm³/mol. The van der Waals surface area contributed by atoms with E-state index in [4.69, 9.17) is 14.2 Å². The van der Waals surface area contributed by atoms with E-state index in [9.17, 15) is 14.7 Å². The molecule has 0 aromatic carbocycles. The van der Waals surface area contributed by atoms with Gasteiger partial charge in [-0.25, -0.2) is 9.59 Å². The fraction of sp³-hybridized carbons (Fsp3) is 0.944. The van der Waals surface area contributed by atoms with Gasteiger partial charge in [0, 0.05) is 0 Å². The van der Waals surface area contributed by atoms with Crippen LogP contribution >= 0.6 is 0 Å². The van der Waals surface area contributed by atoms with Crippen molar-refractivity contribution in [1.29, 1.82) is 0 Å². The lowest BCUT2D eigenvalue weighted by Crippen LogP contribution is -2.67. The van der Waals surface area contributed by atoms with Gasteiger partial charge in [-0.15, -0.1) is 0 Å².